The molecule has 2 aliphatic rings. The molecule has 3 rings (SSSR count). The highest BCUT2D eigenvalue weighted by Crippen LogP contribution is 2.42. The summed E-state index contributed by atoms with van der Waals surface area (Å²) in [5, 5.41) is 5.48. The maximum atomic E-state index is 12.7. The number of hydrogen-bond acceptors (Lipinski definition) is 2. The first kappa shape index (κ1) is 16.6. The van der Waals surface area contributed by atoms with Gasteiger partial charge in [-0.2, -0.15) is 13.2 Å². The van der Waals surface area contributed by atoms with Gasteiger partial charge in [-0.25, -0.2) is 4.79 Å². The summed E-state index contributed by atoms with van der Waals surface area (Å²) in [6, 6.07) is 4.40. The molecule has 1 aromatic carbocycles. The van der Waals surface area contributed by atoms with Crippen LogP contribution in [0.4, 0.5) is 18.0 Å². The lowest BCUT2D eigenvalue weighted by Gasteiger charge is -2.13. The van der Waals surface area contributed by atoms with Crippen LogP contribution in [-0.2, 0) is 11.0 Å². The zero-order valence-corrected chi connectivity index (χ0v) is 13.1. The SMILES string of the molecule is CN1C[C@@H](NC(=O)N[C@@H]2C[C@H]2c2cccc(C(F)(F)F)c2)CC1=O. The van der Waals surface area contributed by atoms with Crippen LogP contribution in [0.3, 0.4) is 0 Å². The van der Waals surface area contributed by atoms with E-state index < -0.39 is 11.7 Å². The van der Waals surface area contributed by atoms with E-state index in [0.717, 1.165) is 12.1 Å². The molecule has 0 radical (unpaired) electrons. The normalized spacial score (nSPS) is 26.4. The zero-order chi connectivity index (χ0) is 17.5. The Bertz CT molecular complexity index is 662. The van der Waals surface area contributed by atoms with E-state index in [-0.39, 0.29) is 36.4 Å². The fourth-order valence-electron chi connectivity index (χ4n) is 3.02. The average molecular weight is 341 g/mol. The number of alkyl halides is 3. The summed E-state index contributed by atoms with van der Waals surface area (Å²) in [6.07, 6.45) is -3.49. The van der Waals surface area contributed by atoms with Crippen LogP contribution in [-0.4, -0.2) is 42.5 Å². The Morgan fingerprint density at radius 1 is 1.29 bits per heavy atom. The van der Waals surface area contributed by atoms with Gasteiger partial charge in [-0.1, -0.05) is 18.2 Å². The zero-order valence-electron chi connectivity index (χ0n) is 13.1. The van der Waals surface area contributed by atoms with Crippen molar-refractivity contribution in [3.63, 3.8) is 0 Å². The summed E-state index contributed by atoms with van der Waals surface area (Å²) in [5.41, 5.74) is -0.103. The molecule has 0 aromatic heterocycles. The average Bonchev–Trinajstić information content (AvgIpc) is 3.17. The lowest BCUT2D eigenvalue weighted by Crippen LogP contribution is -2.44. The minimum Gasteiger partial charge on any atom is -0.344 e. The summed E-state index contributed by atoms with van der Waals surface area (Å²) in [5.74, 6) is -0.125. The van der Waals surface area contributed by atoms with Gasteiger partial charge in [0.25, 0.3) is 0 Å². The number of rotatable bonds is 3. The van der Waals surface area contributed by atoms with Crippen LogP contribution in [0.5, 0.6) is 0 Å². The van der Waals surface area contributed by atoms with E-state index in [1.807, 2.05) is 0 Å². The maximum absolute atomic E-state index is 12.7. The number of nitrogens with zero attached hydrogens (tertiary/aromatic N) is 1. The number of likely N-dealkylation sites (N-methyl/N-ethyl adjacent to an activating group) is 1. The number of nitrogens with one attached hydrogen (secondary N) is 2. The summed E-state index contributed by atoms with van der Waals surface area (Å²) >= 11 is 0. The second-order valence-corrected chi connectivity index (χ2v) is 6.37. The molecule has 1 heterocycles. The van der Waals surface area contributed by atoms with Gasteiger partial charge >= 0.3 is 12.2 Å². The van der Waals surface area contributed by atoms with E-state index in [2.05, 4.69) is 10.6 Å². The van der Waals surface area contributed by atoms with Crippen molar-refractivity contribution < 1.29 is 22.8 Å². The lowest BCUT2D eigenvalue weighted by molar-refractivity contribution is -0.137. The van der Waals surface area contributed by atoms with Gasteiger partial charge in [0.05, 0.1) is 11.6 Å². The highest BCUT2D eigenvalue weighted by Gasteiger charge is 2.41. The second-order valence-electron chi connectivity index (χ2n) is 6.37. The summed E-state index contributed by atoms with van der Waals surface area (Å²) in [7, 11) is 1.67. The molecule has 3 atom stereocenters. The molecule has 1 saturated carbocycles. The van der Waals surface area contributed by atoms with Crippen molar-refractivity contribution >= 4 is 11.9 Å². The number of hydrogen-bond donors (Lipinski definition) is 2. The van der Waals surface area contributed by atoms with E-state index in [4.69, 9.17) is 0 Å². The van der Waals surface area contributed by atoms with Crippen LogP contribution in [0, 0.1) is 0 Å². The fourth-order valence-corrected chi connectivity index (χ4v) is 3.02. The molecule has 1 saturated heterocycles. The summed E-state index contributed by atoms with van der Waals surface area (Å²) in [6.45, 7) is 0.466. The van der Waals surface area contributed by atoms with Crippen molar-refractivity contribution in [2.45, 2.75) is 37.0 Å². The first-order chi connectivity index (χ1) is 11.2. The first-order valence-electron chi connectivity index (χ1n) is 7.72. The van der Waals surface area contributed by atoms with Gasteiger partial charge < -0.3 is 15.5 Å². The number of halogens is 3. The van der Waals surface area contributed by atoms with Crippen LogP contribution < -0.4 is 10.6 Å². The van der Waals surface area contributed by atoms with Gasteiger partial charge in [-0.05, 0) is 18.1 Å². The predicted molar refractivity (Wildman–Crippen MR) is 80.3 cm³/mol. The van der Waals surface area contributed by atoms with Gasteiger partial charge in [0.2, 0.25) is 5.91 Å². The van der Waals surface area contributed by atoms with Crippen LogP contribution in [0.2, 0.25) is 0 Å². The van der Waals surface area contributed by atoms with Crippen molar-refractivity contribution in [2.75, 3.05) is 13.6 Å². The Balaban J connectivity index is 1.53. The van der Waals surface area contributed by atoms with E-state index in [1.165, 1.54) is 6.07 Å². The van der Waals surface area contributed by atoms with E-state index in [9.17, 15) is 22.8 Å². The third kappa shape index (κ3) is 3.63. The predicted octanol–water partition coefficient (Wildman–Crippen LogP) is 2.09. The Morgan fingerprint density at radius 3 is 2.67 bits per heavy atom. The highest BCUT2D eigenvalue weighted by atomic mass is 19.4. The van der Waals surface area contributed by atoms with Gasteiger partial charge in [0.15, 0.2) is 0 Å². The number of carbonyl (C=O) groups excluding carboxylic acids is 2. The highest BCUT2D eigenvalue weighted by molar-refractivity contribution is 5.81. The summed E-state index contributed by atoms with van der Waals surface area (Å²) < 4.78 is 38.2. The second kappa shape index (κ2) is 5.99. The van der Waals surface area contributed by atoms with Crippen molar-refractivity contribution in [2.24, 2.45) is 0 Å². The molecule has 0 spiro atoms. The standard InChI is InChI=1S/C16H18F3N3O2/c1-22-8-11(6-14(22)23)20-15(24)21-13-7-12(13)9-3-2-4-10(5-9)16(17,18)19/h2-5,11-13H,6-8H2,1H3,(H2,20,21,24)/t11-,12-,13+/m0/s1. The van der Waals surface area contributed by atoms with Crippen molar-refractivity contribution in [1.82, 2.24) is 15.5 Å². The Kier molecular flexibility index (Phi) is 4.15. The van der Waals surface area contributed by atoms with Crippen molar-refractivity contribution in [1.29, 1.82) is 0 Å². The molecule has 1 aliphatic carbocycles. The fraction of sp³-hybridized carbons (Fsp3) is 0.500. The lowest BCUT2D eigenvalue weighted by atomic mass is 10.1. The Labute approximate surface area is 137 Å². The minimum absolute atomic E-state index is 0.0198. The minimum atomic E-state index is -4.37. The van der Waals surface area contributed by atoms with Crippen LogP contribution in [0.25, 0.3) is 0 Å². The van der Waals surface area contributed by atoms with Crippen LogP contribution >= 0.6 is 0 Å². The van der Waals surface area contributed by atoms with Gasteiger partial charge in [-0.15, -0.1) is 0 Å². The molecule has 0 unspecified atom stereocenters. The molecule has 2 N–H and O–H groups in total. The quantitative estimate of drug-likeness (QED) is 0.884. The van der Waals surface area contributed by atoms with E-state index in [1.54, 1.807) is 18.0 Å². The van der Waals surface area contributed by atoms with Gasteiger partial charge in [0.1, 0.15) is 0 Å². The Morgan fingerprint density at radius 2 is 2.04 bits per heavy atom. The molecule has 3 amide bonds. The Hall–Kier alpha value is -2.25. The third-order valence-corrected chi connectivity index (χ3v) is 4.43. The monoisotopic (exact) mass is 341 g/mol. The van der Waals surface area contributed by atoms with E-state index in [0.29, 0.717) is 18.5 Å². The molecular formula is C16H18F3N3O2. The number of carbonyl (C=O) groups is 2. The van der Waals surface area contributed by atoms with Crippen LogP contribution in [0.1, 0.15) is 29.9 Å². The molecule has 5 nitrogen and oxygen atoms in total. The first-order valence-corrected chi connectivity index (χ1v) is 7.72. The number of likely N-dealkylation sites (tertiary alicyclic amines) is 1. The molecule has 8 heteroatoms. The maximum Gasteiger partial charge on any atom is 0.416 e. The van der Waals surface area contributed by atoms with Gasteiger partial charge in [0, 0.05) is 32.0 Å². The largest absolute Gasteiger partial charge is 0.416 e. The third-order valence-electron chi connectivity index (χ3n) is 4.43. The topological polar surface area (TPSA) is 61.4 Å². The van der Waals surface area contributed by atoms with E-state index >= 15 is 0 Å². The number of urea groups is 1. The van der Waals surface area contributed by atoms with Crippen molar-refractivity contribution in [3.8, 4) is 0 Å². The molecule has 130 valence electrons. The smallest absolute Gasteiger partial charge is 0.344 e. The van der Waals surface area contributed by atoms with Crippen LogP contribution in [0.15, 0.2) is 24.3 Å². The molecule has 2 fully saturated rings. The molecule has 24 heavy (non-hydrogen) atoms. The molecular weight excluding hydrogens is 323 g/mol. The molecule has 1 aromatic rings. The number of amides is 3. The number of benzene rings is 1. The van der Waals surface area contributed by atoms with Gasteiger partial charge in [-0.3, -0.25) is 4.79 Å². The molecule has 1 aliphatic heterocycles. The van der Waals surface area contributed by atoms with Crippen molar-refractivity contribution in [3.05, 3.63) is 35.4 Å². The molecule has 0 bridgehead atoms. The summed E-state index contributed by atoms with van der Waals surface area (Å²) in [4.78, 5) is 24.9.